The van der Waals surface area contributed by atoms with Gasteiger partial charge in [0, 0.05) is 29.4 Å². The number of carbonyl (C=O) groups is 2. The number of hydrogen-bond acceptors (Lipinski definition) is 4. The first-order chi connectivity index (χ1) is 16.0. The molecule has 33 heavy (non-hydrogen) atoms. The second kappa shape index (κ2) is 10.4. The molecule has 2 amide bonds. The first kappa shape index (κ1) is 23.3. The van der Waals surface area contributed by atoms with Gasteiger partial charge in [0.05, 0.1) is 22.4 Å². The molecule has 5 nitrogen and oxygen atoms in total. The van der Waals surface area contributed by atoms with E-state index in [0.717, 1.165) is 5.56 Å². The summed E-state index contributed by atoms with van der Waals surface area (Å²) in [7, 11) is 0. The van der Waals surface area contributed by atoms with Crippen LogP contribution >= 0.6 is 23.4 Å². The fourth-order valence-corrected chi connectivity index (χ4v) is 4.67. The maximum atomic E-state index is 15.3. The molecule has 170 valence electrons. The summed E-state index contributed by atoms with van der Waals surface area (Å²) in [5, 5.41) is 9.36. The lowest BCUT2D eigenvalue weighted by atomic mass is 9.94. The van der Waals surface area contributed by atoms with Crippen molar-refractivity contribution in [2.24, 2.45) is 11.8 Å². The summed E-state index contributed by atoms with van der Waals surface area (Å²) in [6, 6.07) is 19.4. The Morgan fingerprint density at radius 2 is 1.58 bits per heavy atom. The number of thioether (sulfide) groups is 1. The van der Waals surface area contributed by atoms with Gasteiger partial charge in [0.1, 0.15) is 5.82 Å². The van der Waals surface area contributed by atoms with Gasteiger partial charge in [-0.3, -0.25) is 9.59 Å². The van der Waals surface area contributed by atoms with Crippen LogP contribution in [0.1, 0.15) is 0 Å². The van der Waals surface area contributed by atoms with Crippen molar-refractivity contribution in [1.82, 2.24) is 5.32 Å². The van der Waals surface area contributed by atoms with Gasteiger partial charge in [0.15, 0.2) is 0 Å². The molecule has 4 rings (SSSR count). The number of amides is 2. The zero-order valence-corrected chi connectivity index (χ0v) is 19.5. The van der Waals surface area contributed by atoms with Crippen LogP contribution in [0.25, 0.3) is 11.1 Å². The van der Waals surface area contributed by atoms with E-state index in [1.54, 1.807) is 42.7 Å². The number of rotatable bonds is 6. The summed E-state index contributed by atoms with van der Waals surface area (Å²) in [5.74, 6) is -2.08. The van der Waals surface area contributed by atoms with E-state index in [2.05, 4.69) is 16.0 Å². The summed E-state index contributed by atoms with van der Waals surface area (Å²) < 4.78 is 15.3. The number of hydrogen-bond donors (Lipinski definition) is 3. The maximum Gasteiger partial charge on any atom is 0.229 e. The molecule has 0 radical (unpaired) electrons. The van der Waals surface area contributed by atoms with Gasteiger partial charge < -0.3 is 16.0 Å². The fraction of sp³-hybridized carbons (Fsp3) is 0.200. The van der Waals surface area contributed by atoms with Crippen LogP contribution in [-0.4, -0.2) is 31.2 Å². The molecule has 3 N–H and O–H groups in total. The van der Waals surface area contributed by atoms with E-state index in [0.29, 0.717) is 39.9 Å². The largest absolute Gasteiger partial charge is 0.326 e. The van der Waals surface area contributed by atoms with Crippen LogP contribution in [0.5, 0.6) is 0 Å². The van der Waals surface area contributed by atoms with E-state index in [4.69, 9.17) is 11.6 Å². The van der Waals surface area contributed by atoms with Crippen LogP contribution < -0.4 is 16.0 Å². The Bertz CT molecular complexity index is 1160. The molecule has 0 bridgehead atoms. The molecule has 3 aromatic rings. The highest BCUT2D eigenvalue weighted by molar-refractivity contribution is 7.98. The van der Waals surface area contributed by atoms with Gasteiger partial charge in [-0.15, -0.1) is 11.8 Å². The average Bonchev–Trinajstić information content (AvgIpc) is 3.32. The predicted molar refractivity (Wildman–Crippen MR) is 132 cm³/mol. The molecular formula is C25H23ClFN3O2S. The number of anilines is 2. The molecule has 0 aliphatic carbocycles. The molecule has 1 aliphatic heterocycles. The Labute approximate surface area is 201 Å². The van der Waals surface area contributed by atoms with E-state index in [9.17, 15) is 9.59 Å². The lowest BCUT2D eigenvalue weighted by molar-refractivity contribution is -0.127. The minimum atomic E-state index is -0.580. The first-order valence-corrected chi connectivity index (χ1v) is 12.1. The van der Waals surface area contributed by atoms with Crippen LogP contribution in [0.15, 0.2) is 71.6 Å². The number of halogens is 2. The molecule has 2 atom stereocenters. The van der Waals surface area contributed by atoms with Crippen LogP contribution in [0.2, 0.25) is 5.02 Å². The fourth-order valence-electron chi connectivity index (χ4n) is 3.92. The van der Waals surface area contributed by atoms with Crippen LogP contribution in [-0.2, 0) is 9.59 Å². The third kappa shape index (κ3) is 5.21. The Morgan fingerprint density at radius 1 is 0.939 bits per heavy atom. The first-order valence-electron chi connectivity index (χ1n) is 10.5. The molecule has 3 aromatic carbocycles. The second-order valence-corrected chi connectivity index (χ2v) is 8.98. The van der Waals surface area contributed by atoms with Crippen LogP contribution in [0.3, 0.4) is 0 Å². The molecule has 1 saturated heterocycles. The Kier molecular flexibility index (Phi) is 7.33. The molecule has 0 saturated carbocycles. The lowest BCUT2D eigenvalue weighted by Crippen LogP contribution is -2.35. The molecule has 0 aromatic heterocycles. The molecule has 0 spiro atoms. The van der Waals surface area contributed by atoms with Crippen molar-refractivity contribution in [2.75, 3.05) is 30.0 Å². The smallest absolute Gasteiger partial charge is 0.229 e. The summed E-state index contributed by atoms with van der Waals surface area (Å²) >= 11 is 7.12. The lowest BCUT2D eigenvalue weighted by Gasteiger charge is -2.19. The van der Waals surface area contributed by atoms with E-state index in [1.807, 2.05) is 30.3 Å². The third-order valence-electron chi connectivity index (χ3n) is 5.64. The zero-order chi connectivity index (χ0) is 23.4. The SMILES string of the molecule is CSc1c(NC(=O)[C@H]2CNC[C@@H]2C(=O)Nc2ccc(Cl)cc2)ccc(-c2ccccc2)c1F. The Morgan fingerprint density at radius 3 is 2.21 bits per heavy atom. The quantitative estimate of drug-likeness (QED) is 0.417. The van der Waals surface area contributed by atoms with Gasteiger partial charge in [0.25, 0.3) is 0 Å². The van der Waals surface area contributed by atoms with Crippen molar-refractivity contribution >= 4 is 46.6 Å². The minimum absolute atomic E-state index is 0.252. The van der Waals surface area contributed by atoms with Crippen molar-refractivity contribution in [3.05, 3.63) is 77.6 Å². The normalized spacial score (nSPS) is 17.5. The van der Waals surface area contributed by atoms with Crippen molar-refractivity contribution in [3.63, 3.8) is 0 Å². The molecule has 0 unspecified atom stereocenters. The molecule has 1 aliphatic rings. The second-order valence-electron chi connectivity index (χ2n) is 7.73. The maximum absolute atomic E-state index is 15.3. The zero-order valence-electron chi connectivity index (χ0n) is 17.9. The summed E-state index contributed by atoms with van der Waals surface area (Å²) in [6.45, 7) is 0.748. The van der Waals surface area contributed by atoms with E-state index >= 15 is 4.39 Å². The minimum Gasteiger partial charge on any atom is -0.326 e. The Hall–Kier alpha value is -2.87. The molecular weight excluding hydrogens is 461 g/mol. The number of carbonyl (C=O) groups excluding carboxylic acids is 2. The van der Waals surface area contributed by atoms with Gasteiger partial charge in [-0.1, -0.05) is 41.9 Å². The number of benzene rings is 3. The van der Waals surface area contributed by atoms with Gasteiger partial charge in [0.2, 0.25) is 11.8 Å². The summed E-state index contributed by atoms with van der Waals surface area (Å²) in [6.07, 6.45) is 1.77. The van der Waals surface area contributed by atoms with Crippen molar-refractivity contribution in [2.45, 2.75) is 4.90 Å². The average molecular weight is 484 g/mol. The summed E-state index contributed by atoms with van der Waals surface area (Å²) in [5.41, 5.74) is 2.25. The van der Waals surface area contributed by atoms with Crippen molar-refractivity contribution in [1.29, 1.82) is 0 Å². The number of nitrogens with one attached hydrogen (secondary N) is 3. The highest BCUT2D eigenvalue weighted by Gasteiger charge is 2.38. The third-order valence-corrected chi connectivity index (χ3v) is 6.70. The summed E-state index contributed by atoms with van der Waals surface area (Å²) in [4.78, 5) is 26.3. The standard InChI is InChI=1S/C25H23ClFN3O2S/c1-33-23-21(12-11-18(22(23)27)15-5-3-2-4-6-15)30-25(32)20-14-28-13-19(20)24(31)29-17-9-7-16(26)8-10-17/h2-12,19-20,28H,13-14H2,1H3,(H,29,31)(H,30,32)/t19-,20-/m0/s1. The molecule has 1 heterocycles. The van der Waals surface area contributed by atoms with Crippen LogP contribution in [0, 0.1) is 17.7 Å². The molecule has 1 fully saturated rings. The van der Waals surface area contributed by atoms with E-state index in [1.165, 1.54) is 11.8 Å². The molecule has 8 heteroatoms. The van der Waals surface area contributed by atoms with Gasteiger partial charge >= 0.3 is 0 Å². The van der Waals surface area contributed by atoms with Gasteiger partial charge in [-0.25, -0.2) is 4.39 Å². The van der Waals surface area contributed by atoms with Gasteiger partial charge in [-0.2, -0.15) is 0 Å². The van der Waals surface area contributed by atoms with Crippen molar-refractivity contribution < 1.29 is 14.0 Å². The van der Waals surface area contributed by atoms with Gasteiger partial charge in [-0.05, 0) is 48.2 Å². The van der Waals surface area contributed by atoms with Crippen LogP contribution in [0.4, 0.5) is 15.8 Å². The topological polar surface area (TPSA) is 70.2 Å². The monoisotopic (exact) mass is 483 g/mol. The highest BCUT2D eigenvalue weighted by atomic mass is 35.5. The van der Waals surface area contributed by atoms with E-state index in [-0.39, 0.29) is 17.6 Å². The van der Waals surface area contributed by atoms with Crippen molar-refractivity contribution in [3.8, 4) is 11.1 Å². The predicted octanol–water partition coefficient (Wildman–Crippen LogP) is 5.28. The van der Waals surface area contributed by atoms with E-state index < -0.39 is 11.8 Å². The highest BCUT2D eigenvalue weighted by Crippen LogP contribution is 2.35. The Balaban J connectivity index is 1.50.